The molecule has 4 rings (SSSR count). The van der Waals surface area contributed by atoms with Crippen molar-refractivity contribution in [2.45, 2.75) is 26.9 Å². The van der Waals surface area contributed by atoms with Crippen LogP contribution in [0.5, 0.6) is 5.75 Å². The zero-order valence-corrected chi connectivity index (χ0v) is 19.3. The minimum atomic E-state index is -0.598. The third kappa shape index (κ3) is 4.70. The molecule has 0 unspecified atom stereocenters. The molecule has 0 atom stereocenters. The Morgan fingerprint density at radius 3 is 2.27 bits per heavy atom. The molecule has 0 saturated carbocycles. The lowest BCUT2D eigenvalue weighted by Gasteiger charge is -2.29. The zero-order valence-electron chi connectivity index (χ0n) is 19.3. The van der Waals surface area contributed by atoms with Crippen molar-refractivity contribution < 1.29 is 13.5 Å². The lowest BCUT2D eigenvalue weighted by atomic mass is 9.98. The largest absolute Gasteiger partial charge is 0.497 e. The van der Waals surface area contributed by atoms with Gasteiger partial charge in [-0.2, -0.15) is 0 Å². The van der Waals surface area contributed by atoms with E-state index in [0.29, 0.717) is 29.1 Å². The van der Waals surface area contributed by atoms with Crippen LogP contribution in [0.25, 0.3) is 11.1 Å². The number of ether oxygens (including phenoxy) is 1. The number of piperazine rings is 1. The van der Waals surface area contributed by atoms with Gasteiger partial charge in [0.2, 0.25) is 0 Å². The van der Waals surface area contributed by atoms with Crippen LogP contribution in [0.4, 0.5) is 8.78 Å². The van der Waals surface area contributed by atoms with Crippen LogP contribution >= 0.6 is 0 Å². The van der Waals surface area contributed by atoms with Crippen molar-refractivity contribution in [3.8, 4) is 16.9 Å². The minimum absolute atomic E-state index is 0.00196. The van der Waals surface area contributed by atoms with Gasteiger partial charge in [0.15, 0.2) is 5.43 Å². The molecule has 1 aliphatic heterocycles. The van der Waals surface area contributed by atoms with Crippen molar-refractivity contribution in [1.29, 1.82) is 0 Å². The summed E-state index contributed by atoms with van der Waals surface area (Å²) < 4.78 is 36.3. The van der Waals surface area contributed by atoms with E-state index in [1.54, 1.807) is 7.11 Å². The first-order chi connectivity index (χ1) is 15.9. The zero-order chi connectivity index (χ0) is 23.5. The number of hydrogen-bond donors (Lipinski definition) is 1. The van der Waals surface area contributed by atoms with Crippen LogP contribution in [-0.4, -0.2) is 42.8 Å². The van der Waals surface area contributed by atoms with Crippen molar-refractivity contribution >= 4 is 0 Å². The Balaban J connectivity index is 1.90. The lowest BCUT2D eigenvalue weighted by molar-refractivity contribution is 0.231. The number of methoxy groups -OCH3 is 1. The highest BCUT2D eigenvalue weighted by Gasteiger charge is 2.22. The summed E-state index contributed by atoms with van der Waals surface area (Å²) in [5.41, 5.74) is 3.22. The first-order valence-corrected chi connectivity index (χ1v) is 11.1. The summed E-state index contributed by atoms with van der Waals surface area (Å²) in [6.45, 7) is 7.58. The van der Waals surface area contributed by atoms with E-state index in [9.17, 15) is 13.6 Å². The second-order valence-electron chi connectivity index (χ2n) is 8.40. The van der Waals surface area contributed by atoms with Crippen LogP contribution in [0.15, 0.2) is 47.3 Å². The molecule has 33 heavy (non-hydrogen) atoms. The number of pyridine rings is 1. The van der Waals surface area contributed by atoms with Gasteiger partial charge in [0, 0.05) is 60.8 Å². The Kier molecular flexibility index (Phi) is 6.91. The fourth-order valence-corrected chi connectivity index (χ4v) is 4.51. The SMILES string of the molecule is COc1cccc(-c2c(C)n(Cc3c(F)cccc3F)c(C)c(CN3CCNCC3)c2=O)c1. The second kappa shape index (κ2) is 9.85. The Labute approximate surface area is 192 Å². The number of halogens is 2. The molecule has 1 N–H and O–H groups in total. The predicted molar refractivity (Wildman–Crippen MR) is 126 cm³/mol. The average Bonchev–Trinajstić information content (AvgIpc) is 2.82. The average molecular weight is 454 g/mol. The molecule has 1 aromatic heterocycles. The van der Waals surface area contributed by atoms with Crippen molar-refractivity contribution in [1.82, 2.24) is 14.8 Å². The first kappa shape index (κ1) is 23.1. The number of aromatic nitrogens is 1. The van der Waals surface area contributed by atoms with Crippen molar-refractivity contribution in [3.63, 3.8) is 0 Å². The maximum absolute atomic E-state index is 14.5. The van der Waals surface area contributed by atoms with Gasteiger partial charge in [0.1, 0.15) is 17.4 Å². The highest BCUT2D eigenvalue weighted by atomic mass is 19.1. The molecule has 174 valence electrons. The van der Waals surface area contributed by atoms with Gasteiger partial charge in [0.05, 0.1) is 13.7 Å². The molecule has 1 fully saturated rings. The molecule has 0 bridgehead atoms. The van der Waals surface area contributed by atoms with Gasteiger partial charge >= 0.3 is 0 Å². The van der Waals surface area contributed by atoms with E-state index in [2.05, 4.69) is 10.2 Å². The van der Waals surface area contributed by atoms with E-state index in [1.807, 2.05) is 42.7 Å². The molecule has 2 aromatic carbocycles. The van der Waals surface area contributed by atoms with Crippen LogP contribution in [0.1, 0.15) is 22.5 Å². The van der Waals surface area contributed by atoms with E-state index in [-0.39, 0.29) is 17.5 Å². The fourth-order valence-electron chi connectivity index (χ4n) is 4.51. The molecule has 5 nitrogen and oxygen atoms in total. The van der Waals surface area contributed by atoms with Crippen LogP contribution in [0.3, 0.4) is 0 Å². The summed E-state index contributed by atoms with van der Waals surface area (Å²) in [4.78, 5) is 16.0. The van der Waals surface area contributed by atoms with E-state index in [1.165, 1.54) is 18.2 Å². The Bertz CT molecular complexity index is 1200. The maximum Gasteiger partial charge on any atom is 0.194 e. The van der Waals surface area contributed by atoms with Gasteiger partial charge in [-0.25, -0.2) is 8.78 Å². The Hall–Kier alpha value is -3.03. The Morgan fingerprint density at radius 1 is 0.939 bits per heavy atom. The van der Waals surface area contributed by atoms with Gasteiger partial charge in [-0.15, -0.1) is 0 Å². The number of rotatable bonds is 6. The van der Waals surface area contributed by atoms with E-state index in [4.69, 9.17) is 4.74 Å². The van der Waals surface area contributed by atoms with Gasteiger partial charge in [-0.1, -0.05) is 18.2 Å². The summed E-state index contributed by atoms with van der Waals surface area (Å²) in [5.74, 6) is -0.555. The number of nitrogens with zero attached hydrogens (tertiary/aromatic N) is 2. The summed E-state index contributed by atoms with van der Waals surface area (Å²) in [6, 6.07) is 11.2. The van der Waals surface area contributed by atoms with Crippen molar-refractivity contribution in [2.24, 2.45) is 0 Å². The molecule has 2 heterocycles. The van der Waals surface area contributed by atoms with Gasteiger partial charge in [0.25, 0.3) is 0 Å². The molecule has 0 spiro atoms. The second-order valence-corrected chi connectivity index (χ2v) is 8.40. The minimum Gasteiger partial charge on any atom is -0.497 e. The normalized spacial score (nSPS) is 14.5. The van der Waals surface area contributed by atoms with E-state index in [0.717, 1.165) is 37.4 Å². The molecule has 1 aliphatic rings. The maximum atomic E-state index is 14.5. The van der Waals surface area contributed by atoms with Gasteiger partial charge in [-0.05, 0) is 43.7 Å². The third-order valence-corrected chi connectivity index (χ3v) is 6.44. The molecule has 0 amide bonds. The highest BCUT2D eigenvalue weighted by molar-refractivity contribution is 5.68. The number of nitrogens with one attached hydrogen (secondary N) is 1. The quantitative estimate of drug-likeness (QED) is 0.616. The summed E-state index contributed by atoms with van der Waals surface area (Å²) in [7, 11) is 1.58. The number of benzene rings is 2. The van der Waals surface area contributed by atoms with Gasteiger partial charge in [-0.3, -0.25) is 9.69 Å². The molecular weight excluding hydrogens is 424 g/mol. The highest BCUT2D eigenvalue weighted by Crippen LogP contribution is 2.28. The van der Waals surface area contributed by atoms with Crippen molar-refractivity contribution in [3.05, 3.63) is 86.8 Å². The smallest absolute Gasteiger partial charge is 0.194 e. The van der Waals surface area contributed by atoms with Crippen LogP contribution in [-0.2, 0) is 13.1 Å². The molecule has 0 aliphatic carbocycles. The third-order valence-electron chi connectivity index (χ3n) is 6.44. The topological polar surface area (TPSA) is 46.5 Å². The first-order valence-electron chi connectivity index (χ1n) is 11.1. The lowest BCUT2D eigenvalue weighted by Crippen LogP contribution is -2.44. The van der Waals surface area contributed by atoms with Crippen LogP contribution < -0.4 is 15.5 Å². The monoisotopic (exact) mass is 453 g/mol. The summed E-state index contributed by atoms with van der Waals surface area (Å²) >= 11 is 0. The summed E-state index contributed by atoms with van der Waals surface area (Å²) in [6.07, 6.45) is 0. The van der Waals surface area contributed by atoms with E-state index >= 15 is 0 Å². The molecular formula is C26H29F2N3O2. The molecule has 3 aromatic rings. The number of hydrogen-bond acceptors (Lipinski definition) is 4. The Morgan fingerprint density at radius 2 is 1.61 bits per heavy atom. The predicted octanol–water partition coefficient (Wildman–Crippen LogP) is 3.87. The van der Waals surface area contributed by atoms with Gasteiger partial charge < -0.3 is 14.6 Å². The fraction of sp³-hybridized carbons (Fsp3) is 0.346. The standard InChI is InChI=1S/C26H29F2N3O2/c1-17-21(15-30-12-10-29-11-13-30)26(32)25(19-6-4-7-20(14-19)33-3)18(2)31(17)16-22-23(27)8-5-9-24(22)28/h4-9,14,29H,10-13,15-16H2,1-3H3. The van der Waals surface area contributed by atoms with E-state index < -0.39 is 11.6 Å². The van der Waals surface area contributed by atoms with Crippen LogP contribution in [0.2, 0.25) is 0 Å². The van der Waals surface area contributed by atoms with Crippen LogP contribution in [0, 0.1) is 25.5 Å². The molecule has 7 heteroatoms. The summed E-state index contributed by atoms with van der Waals surface area (Å²) in [5, 5.41) is 3.32. The van der Waals surface area contributed by atoms with Crippen molar-refractivity contribution in [2.75, 3.05) is 33.3 Å². The molecule has 1 saturated heterocycles. The molecule has 0 radical (unpaired) electrons.